The van der Waals surface area contributed by atoms with Crippen LogP contribution in [0.25, 0.3) is 0 Å². The fourth-order valence-electron chi connectivity index (χ4n) is 2.52. The van der Waals surface area contributed by atoms with Crippen LogP contribution in [0.15, 0.2) is 0 Å². The van der Waals surface area contributed by atoms with Crippen molar-refractivity contribution in [2.24, 2.45) is 17.6 Å². The fraction of sp³-hybridized carbons (Fsp3) is 0.778. The number of hydrogen-bond donors (Lipinski definition) is 1. The van der Waals surface area contributed by atoms with E-state index in [-0.39, 0.29) is 18.4 Å². The molecular weight excluding hydrogens is 168 g/mol. The van der Waals surface area contributed by atoms with Crippen molar-refractivity contribution in [3.8, 4) is 0 Å². The molecule has 2 N–H and O–H groups in total. The van der Waals surface area contributed by atoms with Crippen LogP contribution in [-0.4, -0.2) is 29.8 Å². The second-order valence-electron chi connectivity index (χ2n) is 3.98. The van der Waals surface area contributed by atoms with Crippen molar-refractivity contribution in [1.29, 1.82) is 0 Å². The Hall–Kier alpha value is -1.06. The van der Waals surface area contributed by atoms with Crippen molar-refractivity contribution in [3.63, 3.8) is 0 Å². The topological polar surface area (TPSA) is 63.4 Å². The summed E-state index contributed by atoms with van der Waals surface area (Å²) in [6.45, 7) is 0.846. The van der Waals surface area contributed by atoms with Crippen molar-refractivity contribution in [2.75, 3.05) is 13.1 Å². The molecule has 1 saturated carbocycles. The summed E-state index contributed by atoms with van der Waals surface area (Å²) in [6, 6.07) is 0. The Bertz CT molecular complexity index is 252. The highest BCUT2D eigenvalue weighted by Crippen LogP contribution is 2.38. The molecule has 1 aliphatic carbocycles. The van der Waals surface area contributed by atoms with Gasteiger partial charge in [-0.3, -0.25) is 9.59 Å². The van der Waals surface area contributed by atoms with Crippen molar-refractivity contribution in [1.82, 2.24) is 4.90 Å². The number of nitrogens with two attached hydrogens (primary N) is 1. The standard InChI is InChI=1S/C9H14N2O2/c10-8(12)5-11-4-6-2-1-3-7(6)9(11)13/h6-7H,1-5H2,(H2,10,12). The summed E-state index contributed by atoms with van der Waals surface area (Å²) >= 11 is 0. The van der Waals surface area contributed by atoms with E-state index in [2.05, 4.69) is 0 Å². The van der Waals surface area contributed by atoms with Gasteiger partial charge in [-0.15, -0.1) is 0 Å². The molecule has 0 aromatic rings. The number of primary amides is 1. The molecule has 2 aliphatic rings. The average molecular weight is 182 g/mol. The summed E-state index contributed by atoms with van der Waals surface area (Å²) in [5.74, 6) is 0.417. The minimum atomic E-state index is -0.409. The molecule has 2 fully saturated rings. The van der Waals surface area contributed by atoms with E-state index >= 15 is 0 Å². The first kappa shape index (κ1) is 8.53. The quantitative estimate of drug-likeness (QED) is 0.639. The number of nitrogens with zero attached hydrogens (tertiary/aromatic N) is 1. The molecule has 1 saturated heterocycles. The minimum Gasteiger partial charge on any atom is -0.368 e. The lowest BCUT2D eigenvalue weighted by molar-refractivity contribution is -0.134. The van der Waals surface area contributed by atoms with Gasteiger partial charge in [0.2, 0.25) is 11.8 Å². The summed E-state index contributed by atoms with van der Waals surface area (Å²) in [5, 5.41) is 0. The third kappa shape index (κ3) is 1.41. The predicted octanol–water partition coefficient (Wildman–Crippen LogP) is -0.270. The Morgan fingerprint density at radius 3 is 2.92 bits per heavy atom. The molecule has 0 aromatic heterocycles. The smallest absolute Gasteiger partial charge is 0.237 e. The number of fused-ring (bicyclic) bond motifs is 1. The zero-order valence-corrected chi connectivity index (χ0v) is 7.53. The van der Waals surface area contributed by atoms with Crippen LogP contribution in [0.4, 0.5) is 0 Å². The van der Waals surface area contributed by atoms with Crippen LogP contribution >= 0.6 is 0 Å². The van der Waals surface area contributed by atoms with Crippen LogP contribution in [0.2, 0.25) is 0 Å². The molecule has 4 heteroatoms. The van der Waals surface area contributed by atoms with Gasteiger partial charge in [0.05, 0.1) is 6.54 Å². The fourth-order valence-corrected chi connectivity index (χ4v) is 2.52. The van der Waals surface area contributed by atoms with Gasteiger partial charge >= 0.3 is 0 Å². The normalized spacial score (nSPS) is 32.3. The van der Waals surface area contributed by atoms with Crippen LogP contribution < -0.4 is 5.73 Å². The van der Waals surface area contributed by atoms with Gasteiger partial charge in [-0.05, 0) is 18.8 Å². The number of rotatable bonds is 2. The maximum absolute atomic E-state index is 11.6. The zero-order chi connectivity index (χ0) is 9.42. The van der Waals surface area contributed by atoms with E-state index in [0.717, 1.165) is 25.8 Å². The van der Waals surface area contributed by atoms with Crippen molar-refractivity contribution >= 4 is 11.8 Å². The molecule has 0 spiro atoms. The first-order chi connectivity index (χ1) is 6.18. The Balaban J connectivity index is 2.02. The third-order valence-electron chi connectivity index (χ3n) is 3.09. The van der Waals surface area contributed by atoms with Crippen molar-refractivity contribution in [3.05, 3.63) is 0 Å². The van der Waals surface area contributed by atoms with Crippen molar-refractivity contribution < 1.29 is 9.59 Å². The van der Waals surface area contributed by atoms with Crippen LogP contribution in [0, 0.1) is 11.8 Å². The summed E-state index contributed by atoms with van der Waals surface area (Å²) in [6.07, 6.45) is 3.29. The highest BCUT2D eigenvalue weighted by molar-refractivity contribution is 5.87. The maximum Gasteiger partial charge on any atom is 0.237 e. The van der Waals surface area contributed by atoms with E-state index in [4.69, 9.17) is 5.73 Å². The predicted molar refractivity (Wildman–Crippen MR) is 46.6 cm³/mol. The molecule has 13 heavy (non-hydrogen) atoms. The number of likely N-dealkylation sites (tertiary alicyclic amines) is 1. The largest absolute Gasteiger partial charge is 0.368 e. The number of carbonyl (C=O) groups excluding carboxylic acids is 2. The molecule has 2 unspecified atom stereocenters. The average Bonchev–Trinajstić information content (AvgIpc) is 2.56. The molecule has 0 radical (unpaired) electrons. The second kappa shape index (κ2) is 3.01. The van der Waals surface area contributed by atoms with Crippen LogP contribution in [0.5, 0.6) is 0 Å². The Morgan fingerprint density at radius 1 is 1.54 bits per heavy atom. The van der Waals surface area contributed by atoms with Gasteiger partial charge < -0.3 is 10.6 Å². The van der Waals surface area contributed by atoms with E-state index in [1.165, 1.54) is 0 Å². The van der Waals surface area contributed by atoms with Gasteiger partial charge in [-0.1, -0.05) is 6.42 Å². The Morgan fingerprint density at radius 2 is 2.31 bits per heavy atom. The molecule has 0 bridgehead atoms. The lowest BCUT2D eigenvalue weighted by atomic mass is 10.0. The highest BCUT2D eigenvalue weighted by Gasteiger charge is 2.42. The first-order valence-electron chi connectivity index (χ1n) is 4.75. The van der Waals surface area contributed by atoms with Gasteiger partial charge in [-0.25, -0.2) is 0 Å². The summed E-state index contributed by atoms with van der Waals surface area (Å²) in [5.41, 5.74) is 5.05. The molecule has 0 aromatic carbocycles. The van der Waals surface area contributed by atoms with E-state index in [1.54, 1.807) is 4.90 Å². The molecule has 2 atom stereocenters. The second-order valence-corrected chi connectivity index (χ2v) is 3.98. The van der Waals surface area contributed by atoms with Crippen LogP contribution in [0.1, 0.15) is 19.3 Å². The third-order valence-corrected chi connectivity index (χ3v) is 3.09. The van der Waals surface area contributed by atoms with Gasteiger partial charge in [0.15, 0.2) is 0 Å². The van der Waals surface area contributed by atoms with Gasteiger partial charge in [-0.2, -0.15) is 0 Å². The van der Waals surface area contributed by atoms with Crippen LogP contribution in [-0.2, 0) is 9.59 Å². The van der Waals surface area contributed by atoms with E-state index in [9.17, 15) is 9.59 Å². The molecule has 2 rings (SSSR count). The summed E-state index contributed by atoms with van der Waals surface area (Å²) in [4.78, 5) is 23.9. The molecule has 1 aliphatic heterocycles. The lowest BCUT2D eigenvalue weighted by Crippen LogP contribution is -2.36. The molecule has 72 valence electrons. The summed E-state index contributed by atoms with van der Waals surface area (Å²) < 4.78 is 0. The first-order valence-corrected chi connectivity index (χ1v) is 4.75. The molecule has 4 nitrogen and oxygen atoms in total. The number of hydrogen-bond acceptors (Lipinski definition) is 2. The Kier molecular flexibility index (Phi) is 1.98. The number of carbonyl (C=O) groups is 2. The van der Waals surface area contributed by atoms with Gasteiger partial charge in [0.1, 0.15) is 0 Å². The Labute approximate surface area is 77.1 Å². The highest BCUT2D eigenvalue weighted by atomic mass is 16.2. The van der Waals surface area contributed by atoms with Gasteiger partial charge in [0.25, 0.3) is 0 Å². The molecular formula is C9H14N2O2. The number of amides is 2. The molecule has 1 heterocycles. The SMILES string of the molecule is NC(=O)CN1CC2CCCC2C1=O. The van der Waals surface area contributed by atoms with E-state index < -0.39 is 5.91 Å². The minimum absolute atomic E-state index is 0.103. The van der Waals surface area contributed by atoms with E-state index in [0.29, 0.717) is 5.92 Å². The zero-order valence-electron chi connectivity index (χ0n) is 7.53. The van der Waals surface area contributed by atoms with Crippen LogP contribution in [0.3, 0.4) is 0 Å². The maximum atomic E-state index is 11.6. The van der Waals surface area contributed by atoms with Crippen molar-refractivity contribution in [2.45, 2.75) is 19.3 Å². The summed E-state index contributed by atoms with van der Waals surface area (Å²) in [7, 11) is 0. The lowest BCUT2D eigenvalue weighted by Gasteiger charge is -2.14. The van der Waals surface area contributed by atoms with E-state index in [1.807, 2.05) is 0 Å². The van der Waals surface area contributed by atoms with Gasteiger partial charge in [0, 0.05) is 12.5 Å². The monoisotopic (exact) mass is 182 g/mol. The molecule has 2 amide bonds.